The molecule has 0 aliphatic heterocycles. The molecule has 0 spiro atoms. The van der Waals surface area contributed by atoms with Crippen molar-refractivity contribution >= 4 is 39.1 Å². The monoisotopic (exact) mass is 603 g/mol. The van der Waals surface area contributed by atoms with Gasteiger partial charge in [0.15, 0.2) is 0 Å². The van der Waals surface area contributed by atoms with Crippen molar-refractivity contribution in [1.29, 1.82) is 0 Å². The molecule has 41 heavy (non-hydrogen) atoms. The second-order valence-corrected chi connectivity index (χ2v) is 13.0. The molecule has 0 heterocycles. The maximum atomic E-state index is 14.7. The third-order valence-corrected chi connectivity index (χ3v) is 8.27. The van der Waals surface area contributed by atoms with Crippen LogP contribution in [0.15, 0.2) is 71.6 Å². The molecule has 1 unspecified atom stereocenters. The summed E-state index contributed by atoms with van der Waals surface area (Å²) in [5, 5.41) is 3.05. The molecule has 0 saturated heterocycles. The summed E-state index contributed by atoms with van der Waals surface area (Å²) < 4.78 is 49.0. The van der Waals surface area contributed by atoms with Gasteiger partial charge in [-0.05, 0) is 71.0 Å². The lowest BCUT2D eigenvalue weighted by molar-refractivity contribution is -0.140. The summed E-state index contributed by atoms with van der Waals surface area (Å²) in [6.45, 7) is 7.73. The van der Waals surface area contributed by atoms with Crippen molar-refractivity contribution in [2.45, 2.75) is 57.6 Å². The molecule has 220 valence electrons. The Labute approximate surface area is 246 Å². The zero-order valence-electron chi connectivity index (χ0n) is 23.9. The highest BCUT2D eigenvalue weighted by Gasteiger charge is 2.35. The van der Waals surface area contributed by atoms with Gasteiger partial charge in [0.1, 0.15) is 24.2 Å². The molecule has 8 nitrogen and oxygen atoms in total. The molecule has 0 aliphatic carbocycles. The third-order valence-electron chi connectivity index (χ3n) is 6.26. The molecular weight excluding hydrogens is 569 g/mol. The number of hydrogen-bond acceptors (Lipinski definition) is 5. The van der Waals surface area contributed by atoms with Gasteiger partial charge >= 0.3 is 0 Å². The average molecular weight is 604 g/mol. The van der Waals surface area contributed by atoms with Crippen LogP contribution in [-0.2, 0) is 26.2 Å². The zero-order valence-corrected chi connectivity index (χ0v) is 25.5. The minimum Gasteiger partial charge on any atom is -0.495 e. The molecule has 0 radical (unpaired) electrons. The number of aryl methyl sites for hydroxylation is 1. The normalized spacial score (nSPS) is 12.4. The van der Waals surface area contributed by atoms with Gasteiger partial charge in [-0.25, -0.2) is 12.8 Å². The fourth-order valence-electron chi connectivity index (χ4n) is 4.08. The van der Waals surface area contributed by atoms with E-state index in [1.807, 2.05) is 6.92 Å². The highest BCUT2D eigenvalue weighted by molar-refractivity contribution is 7.92. The molecule has 0 bridgehead atoms. The van der Waals surface area contributed by atoms with E-state index in [2.05, 4.69) is 5.32 Å². The number of anilines is 1. The van der Waals surface area contributed by atoms with Crippen LogP contribution < -0.4 is 14.4 Å². The van der Waals surface area contributed by atoms with Gasteiger partial charge < -0.3 is 15.0 Å². The summed E-state index contributed by atoms with van der Waals surface area (Å²) in [5.74, 6) is -1.61. The first-order valence-electron chi connectivity index (χ1n) is 12.9. The Hall–Kier alpha value is -3.63. The lowest BCUT2D eigenvalue weighted by Crippen LogP contribution is -2.54. The number of ether oxygens (including phenoxy) is 1. The molecule has 1 N–H and O–H groups in total. The van der Waals surface area contributed by atoms with Crippen LogP contribution in [0.3, 0.4) is 0 Å². The number of carbonyl (C=O) groups is 2. The number of amides is 2. The molecule has 0 aliphatic rings. The molecule has 2 amide bonds. The Morgan fingerprint density at radius 3 is 2.27 bits per heavy atom. The average Bonchev–Trinajstić information content (AvgIpc) is 2.90. The zero-order chi connectivity index (χ0) is 30.5. The summed E-state index contributed by atoms with van der Waals surface area (Å²) in [4.78, 5) is 28.3. The van der Waals surface area contributed by atoms with Gasteiger partial charge in [0.25, 0.3) is 10.0 Å². The van der Waals surface area contributed by atoms with Gasteiger partial charge in [-0.15, -0.1) is 0 Å². The Morgan fingerprint density at radius 1 is 1.05 bits per heavy atom. The number of nitrogens with one attached hydrogen (secondary N) is 1. The number of nitrogens with zero attached hydrogens (tertiary/aromatic N) is 2. The van der Waals surface area contributed by atoms with Crippen LogP contribution in [0, 0.1) is 12.7 Å². The Balaban J connectivity index is 2.12. The first-order valence-corrected chi connectivity index (χ1v) is 14.7. The van der Waals surface area contributed by atoms with Crippen LogP contribution in [0.2, 0.25) is 5.02 Å². The van der Waals surface area contributed by atoms with Crippen LogP contribution in [0.25, 0.3) is 0 Å². The molecule has 3 rings (SSSR count). The summed E-state index contributed by atoms with van der Waals surface area (Å²) in [6, 6.07) is 15.4. The maximum Gasteiger partial charge on any atom is 0.264 e. The Bertz CT molecular complexity index is 1510. The van der Waals surface area contributed by atoms with Crippen LogP contribution in [0.4, 0.5) is 10.1 Å². The standard InChI is InChI=1S/C30H35ClFN3O5S/c1-20-11-14-24(15-12-20)41(38,39)35(26-17-23(31)13-16-27(26)40-6)19-28(36)34(18-22-9-7-8-10-25(22)32)21(2)29(37)33-30(3,4)5/h7-17,21H,18-19H2,1-6H3,(H,33,37). The highest BCUT2D eigenvalue weighted by Crippen LogP contribution is 2.35. The predicted molar refractivity (Wildman–Crippen MR) is 158 cm³/mol. The number of methoxy groups -OCH3 is 1. The second kappa shape index (κ2) is 12.9. The first kappa shape index (κ1) is 31.9. The number of rotatable bonds is 10. The molecule has 11 heteroatoms. The number of halogens is 2. The quantitative estimate of drug-likeness (QED) is 0.338. The molecule has 3 aromatic carbocycles. The molecular formula is C30H35ClFN3O5S. The van der Waals surface area contributed by atoms with E-state index in [-0.39, 0.29) is 33.5 Å². The van der Waals surface area contributed by atoms with E-state index < -0.39 is 45.8 Å². The van der Waals surface area contributed by atoms with Crippen molar-refractivity contribution < 1.29 is 27.1 Å². The van der Waals surface area contributed by atoms with Crippen LogP contribution in [-0.4, -0.2) is 50.4 Å². The summed E-state index contributed by atoms with van der Waals surface area (Å²) in [5.41, 5.74) is 0.449. The van der Waals surface area contributed by atoms with Crippen molar-refractivity contribution in [2.24, 2.45) is 0 Å². The number of benzene rings is 3. The summed E-state index contributed by atoms with van der Waals surface area (Å²) >= 11 is 6.25. The summed E-state index contributed by atoms with van der Waals surface area (Å²) in [6.07, 6.45) is 0. The molecule has 3 aromatic rings. The maximum absolute atomic E-state index is 14.7. The highest BCUT2D eigenvalue weighted by atomic mass is 35.5. The van der Waals surface area contributed by atoms with E-state index in [0.717, 1.165) is 14.8 Å². The first-order chi connectivity index (χ1) is 19.1. The number of sulfonamides is 1. The SMILES string of the molecule is COc1ccc(Cl)cc1N(CC(=O)N(Cc1ccccc1F)C(C)C(=O)NC(C)(C)C)S(=O)(=O)c1ccc(C)cc1. The number of carbonyl (C=O) groups excluding carboxylic acids is 2. The Kier molecular flexibility index (Phi) is 10.0. The van der Waals surface area contributed by atoms with Crippen molar-refractivity contribution in [2.75, 3.05) is 18.0 Å². The van der Waals surface area contributed by atoms with E-state index in [9.17, 15) is 22.4 Å². The predicted octanol–water partition coefficient (Wildman–Crippen LogP) is 5.32. The van der Waals surface area contributed by atoms with Crippen LogP contribution in [0.1, 0.15) is 38.8 Å². The van der Waals surface area contributed by atoms with Gasteiger partial charge in [0.05, 0.1) is 17.7 Å². The largest absolute Gasteiger partial charge is 0.495 e. The van der Waals surface area contributed by atoms with Crippen LogP contribution >= 0.6 is 11.6 Å². The van der Waals surface area contributed by atoms with Gasteiger partial charge in [0.2, 0.25) is 11.8 Å². The van der Waals surface area contributed by atoms with E-state index in [1.165, 1.54) is 62.6 Å². The minimum atomic E-state index is -4.33. The van der Waals surface area contributed by atoms with Gasteiger partial charge in [-0.3, -0.25) is 13.9 Å². The van der Waals surface area contributed by atoms with Gasteiger partial charge in [0, 0.05) is 22.7 Å². The molecule has 0 saturated carbocycles. The fraction of sp³-hybridized carbons (Fsp3) is 0.333. The third kappa shape index (κ3) is 7.98. The Morgan fingerprint density at radius 2 is 1.68 bits per heavy atom. The lowest BCUT2D eigenvalue weighted by Gasteiger charge is -2.33. The minimum absolute atomic E-state index is 0.0339. The fourth-order valence-corrected chi connectivity index (χ4v) is 5.66. The molecule has 0 aromatic heterocycles. The van der Waals surface area contributed by atoms with E-state index in [4.69, 9.17) is 16.3 Å². The van der Waals surface area contributed by atoms with Crippen molar-refractivity contribution in [1.82, 2.24) is 10.2 Å². The van der Waals surface area contributed by atoms with Gasteiger partial charge in [-0.1, -0.05) is 47.5 Å². The van der Waals surface area contributed by atoms with Crippen molar-refractivity contribution in [3.63, 3.8) is 0 Å². The van der Waals surface area contributed by atoms with Gasteiger partial charge in [-0.2, -0.15) is 0 Å². The molecule has 1 atom stereocenters. The topological polar surface area (TPSA) is 96.0 Å². The lowest BCUT2D eigenvalue weighted by atomic mass is 10.1. The molecule has 0 fully saturated rings. The van der Waals surface area contributed by atoms with E-state index in [1.54, 1.807) is 39.0 Å². The summed E-state index contributed by atoms with van der Waals surface area (Å²) in [7, 11) is -2.96. The second-order valence-electron chi connectivity index (χ2n) is 10.7. The van der Waals surface area contributed by atoms with Crippen molar-refractivity contribution in [3.8, 4) is 5.75 Å². The van der Waals surface area contributed by atoms with Crippen LogP contribution in [0.5, 0.6) is 5.75 Å². The van der Waals surface area contributed by atoms with E-state index >= 15 is 0 Å². The number of hydrogen-bond donors (Lipinski definition) is 1. The van der Waals surface area contributed by atoms with E-state index in [0.29, 0.717) is 0 Å². The smallest absolute Gasteiger partial charge is 0.264 e. The van der Waals surface area contributed by atoms with Crippen molar-refractivity contribution in [3.05, 3.63) is 88.7 Å².